The molecule has 0 saturated carbocycles. The third kappa shape index (κ3) is 7.42. The molecule has 2 aromatic rings. The van der Waals surface area contributed by atoms with Crippen LogP contribution < -0.4 is 20.1 Å². The fourth-order valence-electron chi connectivity index (χ4n) is 2.24. The molecule has 0 unspecified atom stereocenters. The topological polar surface area (TPSA) is 72.5 Å². The van der Waals surface area contributed by atoms with Gasteiger partial charge in [0.15, 0.2) is 0 Å². The molecular weight excluding hydrogens is 330 g/mol. The average molecular weight is 357 g/mol. The standard InChI is InChI=1S/C20H27N3O3/c1-16(2)17-4-6-18(7-5-17)26-15-13-23-20(24)22-10-3-14-25-19-8-11-21-12-9-19/h4-9,11-12,16H,3,10,13-15H2,1-2H3,(H2,22,23,24). The zero-order valence-corrected chi connectivity index (χ0v) is 15.4. The summed E-state index contributed by atoms with van der Waals surface area (Å²) in [7, 11) is 0. The molecule has 0 fully saturated rings. The minimum Gasteiger partial charge on any atom is -0.493 e. The number of aromatic nitrogens is 1. The first kappa shape index (κ1) is 19.6. The number of hydrogen-bond acceptors (Lipinski definition) is 4. The number of urea groups is 1. The molecule has 6 nitrogen and oxygen atoms in total. The quantitative estimate of drug-likeness (QED) is 0.640. The Kier molecular flexibility index (Phi) is 8.26. The molecule has 6 heteroatoms. The van der Waals surface area contributed by atoms with Crippen LogP contribution in [0, 0.1) is 0 Å². The lowest BCUT2D eigenvalue weighted by Crippen LogP contribution is -2.38. The van der Waals surface area contributed by atoms with Crippen molar-refractivity contribution in [1.29, 1.82) is 0 Å². The maximum atomic E-state index is 11.7. The second-order valence-electron chi connectivity index (χ2n) is 6.14. The van der Waals surface area contributed by atoms with Gasteiger partial charge in [0.2, 0.25) is 0 Å². The fourth-order valence-corrected chi connectivity index (χ4v) is 2.24. The normalized spacial score (nSPS) is 10.4. The van der Waals surface area contributed by atoms with Crippen molar-refractivity contribution in [1.82, 2.24) is 15.6 Å². The van der Waals surface area contributed by atoms with Crippen LogP contribution in [0.2, 0.25) is 0 Å². The number of rotatable bonds is 10. The van der Waals surface area contributed by atoms with Crippen molar-refractivity contribution >= 4 is 6.03 Å². The van der Waals surface area contributed by atoms with E-state index in [0.717, 1.165) is 17.9 Å². The molecule has 0 saturated heterocycles. The number of amides is 2. The van der Waals surface area contributed by atoms with E-state index in [9.17, 15) is 4.79 Å². The van der Waals surface area contributed by atoms with E-state index in [1.807, 2.05) is 12.1 Å². The number of nitrogens with zero attached hydrogens (tertiary/aromatic N) is 1. The molecule has 2 rings (SSSR count). The Balaban J connectivity index is 1.49. The van der Waals surface area contributed by atoms with Crippen LogP contribution in [0.3, 0.4) is 0 Å². The molecule has 140 valence electrons. The molecule has 2 amide bonds. The molecule has 0 spiro atoms. The molecule has 0 aliphatic rings. The van der Waals surface area contributed by atoms with Gasteiger partial charge in [-0.1, -0.05) is 26.0 Å². The first-order valence-electron chi connectivity index (χ1n) is 8.92. The molecule has 1 aromatic carbocycles. The van der Waals surface area contributed by atoms with E-state index in [4.69, 9.17) is 9.47 Å². The van der Waals surface area contributed by atoms with Gasteiger partial charge >= 0.3 is 6.03 Å². The highest BCUT2D eigenvalue weighted by atomic mass is 16.5. The van der Waals surface area contributed by atoms with Crippen molar-refractivity contribution in [2.45, 2.75) is 26.2 Å². The molecule has 0 bridgehead atoms. The van der Waals surface area contributed by atoms with Crippen molar-refractivity contribution in [2.24, 2.45) is 0 Å². The Bertz CT molecular complexity index is 645. The third-order valence-corrected chi connectivity index (χ3v) is 3.73. The van der Waals surface area contributed by atoms with E-state index in [-0.39, 0.29) is 6.03 Å². The lowest BCUT2D eigenvalue weighted by Gasteiger charge is -2.10. The van der Waals surface area contributed by atoms with Gasteiger partial charge in [-0.3, -0.25) is 4.98 Å². The van der Waals surface area contributed by atoms with Crippen LogP contribution in [0.5, 0.6) is 11.5 Å². The zero-order valence-electron chi connectivity index (χ0n) is 15.4. The van der Waals surface area contributed by atoms with Gasteiger partial charge in [0.25, 0.3) is 0 Å². The summed E-state index contributed by atoms with van der Waals surface area (Å²) < 4.78 is 11.1. The summed E-state index contributed by atoms with van der Waals surface area (Å²) >= 11 is 0. The number of carbonyl (C=O) groups excluding carboxylic acids is 1. The number of hydrogen-bond donors (Lipinski definition) is 2. The van der Waals surface area contributed by atoms with Crippen LogP contribution in [-0.2, 0) is 0 Å². The van der Waals surface area contributed by atoms with Gasteiger partial charge in [-0.2, -0.15) is 0 Å². The zero-order chi connectivity index (χ0) is 18.6. The number of nitrogens with one attached hydrogen (secondary N) is 2. The SMILES string of the molecule is CC(C)c1ccc(OCCNC(=O)NCCCOc2ccncc2)cc1. The van der Waals surface area contributed by atoms with Gasteiger partial charge < -0.3 is 20.1 Å². The lowest BCUT2D eigenvalue weighted by molar-refractivity contribution is 0.235. The Morgan fingerprint density at radius 1 is 0.923 bits per heavy atom. The summed E-state index contributed by atoms with van der Waals surface area (Å²) in [6, 6.07) is 11.4. The third-order valence-electron chi connectivity index (χ3n) is 3.73. The van der Waals surface area contributed by atoms with Gasteiger partial charge in [-0.25, -0.2) is 4.79 Å². The second-order valence-corrected chi connectivity index (χ2v) is 6.14. The van der Waals surface area contributed by atoms with Crippen molar-refractivity contribution in [2.75, 3.05) is 26.3 Å². The first-order chi connectivity index (χ1) is 12.6. The van der Waals surface area contributed by atoms with Crippen molar-refractivity contribution < 1.29 is 14.3 Å². The van der Waals surface area contributed by atoms with E-state index in [0.29, 0.717) is 32.2 Å². The second kappa shape index (κ2) is 11.0. The van der Waals surface area contributed by atoms with Crippen LogP contribution in [0.15, 0.2) is 48.8 Å². The van der Waals surface area contributed by atoms with Gasteiger partial charge in [0, 0.05) is 18.9 Å². The van der Waals surface area contributed by atoms with Gasteiger partial charge in [-0.05, 0) is 42.2 Å². The molecule has 0 aliphatic carbocycles. The minimum atomic E-state index is -0.201. The van der Waals surface area contributed by atoms with Gasteiger partial charge in [0.1, 0.15) is 18.1 Å². The Hall–Kier alpha value is -2.76. The van der Waals surface area contributed by atoms with Crippen LogP contribution in [-0.4, -0.2) is 37.3 Å². The fraction of sp³-hybridized carbons (Fsp3) is 0.400. The van der Waals surface area contributed by atoms with Crippen LogP contribution in [0.25, 0.3) is 0 Å². The predicted octanol–water partition coefficient (Wildman–Crippen LogP) is 3.35. The van der Waals surface area contributed by atoms with E-state index in [2.05, 4.69) is 41.6 Å². The van der Waals surface area contributed by atoms with E-state index >= 15 is 0 Å². The molecule has 2 N–H and O–H groups in total. The molecule has 0 aliphatic heterocycles. The highest BCUT2D eigenvalue weighted by Crippen LogP contribution is 2.18. The van der Waals surface area contributed by atoms with Crippen LogP contribution >= 0.6 is 0 Å². The van der Waals surface area contributed by atoms with E-state index in [1.165, 1.54) is 5.56 Å². The van der Waals surface area contributed by atoms with Gasteiger partial charge in [0.05, 0.1) is 13.2 Å². The van der Waals surface area contributed by atoms with Crippen molar-refractivity contribution in [3.63, 3.8) is 0 Å². The highest BCUT2D eigenvalue weighted by molar-refractivity contribution is 5.73. The molecule has 0 radical (unpaired) electrons. The van der Waals surface area contributed by atoms with E-state index in [1.54, 1.807) is 24.5 Å². The van der Waals surface area contributed by atoms with Crippen LogP contribution in [0.1, 0.15) is 31.7 Å². The summed E-state index contributed by atoms with van der Waals surface area (Å²) in [6.45, 7) is 6.28. The monoisotopic (exact) mass is 357 g/mol. The minimum absolute atomic E-state index is 0.201. The summed E-state index contributed by atoms with van der Waals surface area (Å²) in [6.07, 6.45) is 4.10. The number of pyridine rings is 1. The predicted molar refractivity (Wildman–Crippen MR) is 102 cm³/mol. The Morgan fingerprint density at radius 2 is 1.54 bits per heavy atom. The molecule has 0 atom stereocenters. The molecular formula is C20H27N3O3. The van der Waals surface area contributed by atoms with Crippen molar-refractivity contribution in [3.8, 4) is 11.5 Å². The highest BCUT2D eigenvalue weighted by Gasteiger charge is 2.01. The molecule has 26 heavy (non-hydrogen) atoms. The van der Waals surface area contributed by atoms with Gasteiger partial charge in [-0.15, -0.1) is 0 Å². The first-order valence-corrected chi connectivity index (χ1v) is 8.92. The number of ether oxygens (including phenoxy) is 2. The average Bonchev–Trinajstić information content (AvgIpc) is 2.66. The smallest absolute Gasteiger partial charge is 0.314 e. The van der Waals surface area contributed by atoms with Crippen LogP contribution in [0.4, 0.5) is 4.79 Å². The summed E-state index contributed by atoms with van der Waals surface area (Å²) in [4.78, 5) is 15.6. The van der Waals surface area contributed by atoms with E-state index < -0.39 is 0 Å². The number of carbonyl (C=O) groups is 1. The lowest BCUT2D eigenvalue weighted by atomic mass is 10.0. The largest absolute Gasteiger partial charge is 0.493 e. The Morgan fingerprint density at radius 3 is 2.23 bits per heavy atom. The summed E-state index contributed by atoms with van der Waals surface area (Å²) in [5.74, 6) is 2.09. The maximum absolute atomic E-state index is 11.7. The molecule has 1 aromatic heterocycles. The summed E-state index contributed by atoms with van der Waals surface area (Å²) in [5, 5.41) is 5.56. The Labute approximate surface area is 154 Å². The molecule has 1 heterocycles. The maximum Gasteiger partial charge on any atom is 0.314 e. The van der Waals surface area contributed by atoms with Crippen molar-refractivity contribution in [3.05, 3.63) is 54.4 Å². The number of benzene rings is 1. The summed E-state index contributed by atoms with van der Waals surface area (Å²) in [5.41, 5.74) is 1.28.